The molecule has 0 saturated carbocycles. The van der Waals surface area contributed by atoms with Gasteiger partial charge in [-0.15, -0.1) is 0 Å². The molecular formula is C13H13N3O3. The van der Waals surface area contributed by atoms with Crippen molar-refractivity contribution in [3.63, 3.8) is 0 Å². The van der Waals surface area contributed by atoms with Crippen molar-refractivity contribution in [1.29, 1.82) is 5.26 Å². The van der Waals surface area contributed by atoms with E-state index in [9.17, 15) is 9.59 Å². The van der Waals surface area contributed by atoms with Crippen molar-refractivity contribution in [2.75, 3.05) is 26.2 Å². The van der Waals surface area contributed by atoms with E-state index in [1.54, 1.807) is 29.2 Å². The molecule has 6 heteroatoms. The summed E-state index contributed by atoms with van der Waals surface area (Å²) in [5.41, 5.74) is 1.02. The zero-order valence-electron chi connectivity index (χ0n) is 10.2. The molecule has 6 nitrogen and oxygen atoms in total. The molecule has 1 aliphatic rings. The van der Waals surface area contributed by atoms with E-state index in [0.29, 0.717) is 37.3 Å². The summed E-state index contributed by atoms with van der Waals surface area (Å²) in [5, 5.41) is 17.5. The van der Waals surface area contributed by atoms with Crippen LogP contribution in [-0.2, 0) is 0 Å². The summed E-state index contributed by atoms with van der Waals surface area (Å²) in [7, 11) is 0. The van der Waals surface area contributed by atoms with Crippen molar-refractivity contribution in [3.8, 4) is 6.07 Å². The van der Waals surface area contributed by atoms with E-state index in [2.05, 4.69) is 0 Å². The van der Waals surface area contributed by atoms with Crippen LogP contribution in [0.15, 0.2) is 24.3 Å². The van der Waals surface area contributed by atoms with E-state index in [1.807, 2.05) is 6.07 Å². The Morgan fingerprint density at radius 1 is 1.05 bits per heavy atom. The van der Waals surface area contributed by atoms with E-state index in [-0.39, 0.29) is 5.91 Å². The summed E-state index contributed by atoms with van der Waals surface area (Å²) in [6.45, 7) is 1.45. The van der Waals surface area contributed by atoms with Crippen LogP contribution in [0, 0.1) is 11.3 Å². The smallest absolute Gasteiger partial charge is 0.407 e. The Kier molecular flexibility index (Phi) is 3.66. The van der Waals surface area contributed by atoms with Crippen LogP contribution in [0.5, 0.6) is 0 Å². The molecule has 0 radical (unpaired) electrons. The number of amides is 2. The van der Waals surface area contributed by atoms with Crippen LogP contribution in [-0.4, -0.2) is 53.1 Å². The maximum absolute atomic E-state index is 12.2. The lowest BCUT2D eigenvalue weighted by Crippen LogP contribution is -2.50. The molecular weight excluding hydrogens is 246 g/mol. The van der Waals surface area contributed by atoms with Gasteiger partial charge in [-0.3, -0.25) is 4.79 Å². The Bertz CT molecular complexity index is 525. The standard InChI is InChI=1S/C13H13N3O3/c14-9-10-1-3-11(4-2-10)12(17)15-5-7-16(8-6-15)13(18)19/h1-4H,5-8H2,(H,18,19). The second kappa shape index (κ2) is 5.40. The molecule has 0 aliphatic carbocycles. The van der Waals surface area contributed by atoms with Crippen LogP contribution in [0.25, 0.3) is 0 Å². The lowest BCUT2D eigenvalue weighted by atomic mass is 10.1. The molecule has 0 bridgehead atoms. The van der Waals surface area contributed by atoms with Gasteiger partial charge in [0, 0.05) is 31.7 Å². The number of rotatable bonds is 1. The highest BCUT2D eigenvalue weighted by atomic mass is 16.4. The van der Waals surface area contributed by atoms with Gasteiger partial charge in [0.2, 0.25) is 0 Å². The summed E-state index contributed by atoms with van der Waals surface area (Å²) in [6.07, 6.45) is -0.953. The molecule has 1 heterocycles. The molecule has 1 N–H and O–H groups in total. The highest BCUT2D eigenvalue weighted by Gasteiger charge is 2.24. The topological polar surface area (TPSA) is 84.6 Å². The van der Waals surface area contributed by atoms with Crippen LogP contribution >= 0.6 is 0 Å². The van der Waals surface area contributed by atoms with Gasteiger partial charge >= 0.3 is 6.09 Å². The molecule has 1 aliphatic heterocycles. The third-order valence-corrected chi connectivity index (χ3v) is 3.10. The van der Waals surface area contributed by atoms with Crippen molar-refractivity contribution in [2.24, 2.45) is 0 Å². The minimum Gasteiger partial charge on any atom is -0.465 e. The Labute approximate surface area is 110 Å². The average molecular weight is 259 g/mol. The number of nitrogens with zero attached hydrogens (tertiary/aromatic N) is 3. The zero-order valence-corrected chi connectivity index (χ0v) is 10.2. The van der Waals surface area contributed by atoms with Gasteiger partial charge in [-0.25, -0.2) is 4.79 Å². The summed E-state index contributed by atoms with van der Waals surface area (Å²) >= 11 is 0. The fourth-order valence-corrected chi connectivity index (χ4v) is 1.97. The third-order valence-electron chi connectivity index (χ3n) is 3.10. The first-order valence-corrected chi connectivity index (χ1v) is 5.89. The van der Waals surface area contributed by atoms with Gasteiger partial charge in [0.25, 0.3) is 5.91 Å². The summed E-state index contributed by atoms with van der Waals surface area (Å²) in [6, 6.07) is 8.42. The van der Waals surface area contributed by atoms with Gasteiger partial charge in [-0.05, 0) is 24.3 Å². The van der Waals surface area contributed by atoms with Crippen molar-refractivity contribution >= 4 is 12.0 Å². The van der Waals surface area contributed by atoms with Gasteiger partial charge in [-0.1, -0.05) is 0 Å². The molecule has 2 rings (SSSR count). The normalized spacial score (nSPS) is 14.9. The first-order valence-electron chi connectivity index (χ1n) is 5.89. The molecule has 1 aromatic carbocycles. The predicted octanol–water partition coefficient (Wildman–Crippen LogP) is 0.994. The maximum Gasteiger partial charge on any atom is 0.407 e. The van der Waals surface area contributed by atoms with Crippen molar-refractivity contribution in [2.45, 2.75) is 0 Å². The fourth-order valence-electron chi connectivity index (χ4n) is 1.97. The van der Waals surface area contributed by atoms with E-state index in [1.165, 1.54) is 4.90 Å². The number of carboxylic acid groups (broad SMARTS) is 1. The zero-order chi connectivity index (χ0) is 13.8. The van der Waals surface area contributed by atoms with Crippen molar-refractivity contribution in [3.05, 3.63) is 35.4 Å². The van der Waals surface area contributed by atoms with Gasteiger partial charge in [-0.2, -0.15) is 5.26 Å². The molecule has 19 heavy (non-hydrogen) atoms. The Hall–Kier alpha value is -2.55. The highest BCUT2D eigenvalue weighted by molar-refractivity contribution is 5.94. The highest BCUT2D eigenvalue weighted by Crippen LogP contribution is 2.10. The summed E-state index contributed by atoms with van der Waals surface area (Å²) < 4.78 is 0. The van der Waals surface area contributed by atoms with Crippen LogP contribution in [0.4, 0.5) is 4.79 Å². The lowest BCUT2D eigenvalue weighted by molar-refractivity contribution is 0.0625. The van der Waals surface area contributed by atoms with E-state index >= 15 is 0 Å². The summed E-state index contributed by atoms with van der Waals surface area (Å²) in [4.78, 5) is 25.8. The van der Waals surface area contributed by atoms with Crippen molar-refractivity contribution in [1.82, 2.24) is 9.80 Å². The largest absolute Gasteiger partial charge is 0.465 e. The molecule has 0 unspecified atom stereocenters. The molecule has 0 spiro atoms. The SMILES string of the molecule is N#Cc1ccc(C(=O)N2CCN(C(=O)O)CC2)cc1. The van der Waals surface area contributed by atoms with Gasteiger partial charge in [0.05, 0.1) is 11.6 Å². The van der Waals surface area contributed by atoms with E-state index < -0.39 is 6.09 Å². The molecule has 0 atom stereocenters. The molecule has 2 amide bonds. The first-order chi connectivity index (χ1) is 9.11. The number of carbonyl (C=O) groups excluding carboxylic acids is 1. The minimum absolute atomic E-state index is 0.130. The molecule has 98 valence electrons. The number of hydrogen-bond donors (Lipinski definition) is 1. The number of hydrogen-bond acceptors (Lipinski definition) is 3. The molecule has 1 aromatic rings. The fraction of sp³-hybridized carbons (Fsp3) is 0.308. The molecule has 1 fully saturated rings. The predicted molar refractivity (Wildman–Crippen MR) is 66.7 cm³/mol. The van der Waals surface area contributed by atoms with Crippen LogP contribution in [0.1, 0.15) is 15.9 Å². The quantitative estimate of drug-likeness (QED) is 0.815. The number of piperazine rings is 1. The maximum atomic E-state index is 12.2. The summed E-state index contributed by atoms with van der Waals surface area (Å²) in [5.74, 6) is -0.130. The van der Waals surface area contributed by atoms with Gasteiger partial charge < -0.3 is 14.9 Å². The second-order valence-electron chi connectivity index (χ2n) is 4.25. The van der Waals surface area contributed by atoms with Crippen LogP contribution in [0.2, 0.25) is 0 Å². The molecule has 0 aromatic heterocycles. The Morgan fingerprint density at radius 2 is 1.58 bits per heavy atom. The van der Waals surface area contributed by atoms with Crippen LogP contribution < -0.4 is 0 Å². The van der Waals surface area contributed by atoms with E-state index in [4.69, 9.17) is 10.4 Å². The number of benzene rings is 1. The van der Waals surface area contributed by atoms with Crippen LogP contribution in [0.3, 0.4) is 0 Å². The van der Waals surface area contributed by atoms with Gasteiger partial charge in [0.1, 0.15) is 0 Å². The number of nitriles is 1. The Balaban J connectivity index is 2.01. The van der Waals surface area contributed by atoms with Crippen molar-refractivity contribution < 1.29 is 14.7 Å². The number of carbonyl (C=O) groups is 2. The third kappa shape index (κ3) is 2.83. The average Bonchev–Trinajstić information content (AvgIpc) is 2.46. The second-order valence-corrected chi connectivity index (χ2v) is 4.25. The molecule has 1 saturated heterocycles. The first kappa shape index (κ1) is 12.9. The Morgan fingerprint density at radius 3 is 2.05 bits per heavy atom. The minimum atomic E-state index is -0.953. The lowest BCUT2D eigenvalue weighted by Gasteiger charge is -2.33. The van der Waals surface area contributed by atoms with Gasteiger partial charge in [0.15, 0.2) is 0 Å². The monoisotopic (exact) mass is 259 g/mol. The van der Waals surface area contributed by atoms with E-state index in [0.717, 1.165) is 0 Å².